The summed E-state index contributed by atoms with van der Waals surface area (Å²) in [5.74, 6) is 0. The fourth-order valence-corrected chi connectivity index (χ4v) is 3.30. The average molecular weight is 289 g/mol. The van der Waals surface area contributed by atoms with Crippen LogP contribution in [0.15, 0.2) is 17.8 Å². The van der Waals surface area contributed by atoms with E-state index in [4.69, 9.17) is 0 Å². The number of nitrogens with zero attached hydrogens (tertiary/aromatic N) is 4. The van der Waals surface area contributed by atoms with E-state index in [1.165, 1.54) is 17.0 Å². The summed E-state index contributed by atoms with van der Waals surface area (Å²) in [4.78, 5) is 5.68. The van der Waals surface area contributed by atoms with Crippen molar-refractivity contribution in [3.63, 3.8) is 0 Å². The standard InChI is InChI=1S/C14H19N5S/c1-10-6-16-18(8-10)5-4-15-7-13-12(3)17-14-19(13)11(2)9-20-14/h6,8-9,15H,4-5,7H2,1-3H3. The highest BCUT2D eigenvalue weighted by Gasteiger charge is 2.11. The molecule has 1 N–H and O–H groups in total. The molecule has 6 heteroatoms. The Morgan fingerprint density at radius 2 is 2.15 bits per heavy atom. The van der Waals surface area contributed by atoms with Crippen LogP contribution in [0, 0.1) is 20.8 Å². The Hall–Kier alpha value is -1.66. The Bertz CT molecular complexity index is 721. The molecule has 3 rings (SSSR count). The fraction of sp³-hybridized carbons (Fsp3) is 0.429. The maximum atomic E-state index is 4.60. The molecule has 5 nitrogen and oxygen atoms in total. The van der Waals surface area contributed by atoms with Crippen molar-refractivity contribution in [2.24, 2.45) is 0 Å². The third-order valence-electron chi connectivity index (χ3n) is 3.40. The van der Waals surface area contributed by atoms with Crippen molar-refractivity contribution in [1.82, 2.24) is 24.5 Å². The molecule has 0 bridgehead atoms. The van der Waals surface area contributed by atoms with Crippen LogP contribution < -0.4 is 5.32 Å². The van der Waals surface area contributed by atoms with E-state index < -0.39 is 0 Å². The highest BCUT2D eigenvalue weighted by Crippen LogP contribution is 2.20. The lowest BCUT2D eigenvalue weighted by Crippen LogP contribution is -2.21. The van der Waals surface area contributed by atoms with Gasteiger partial charge in [0.1, 0.15) is 0 Å². The van der Waals surface area contributed by atoms with Crippen LogP contribution in [-0.4, -0.2) is 25.7 Å². The first-order valence-corrected chi connectivity index (χ1v) is 7.65. The van der Waals surface area contributed by atoms with Crippen LogP contribution in [-0.2, 0) is 13.1 Å². The van der Waals surface area contributed by atoms with E-state index >= 15 is 0 Å². The van der Waals surface area contributed by atoms with Gasteiger partial charge in [-0.1, -0.05) is 0 Å². The van der Waals surface area contributed by atoms with E-state index in [0.717, 1.165) is 30.3 Å². The summed E-state index contributed by atoms with van der Waals surface area (Å²) in [6.45, 7) is 8.88. The second-order valence-corrected chi connectivity index (χ2v) is 5.93. The predicted molar refractivity (Wildman–Crippen MR) is 81.2 cm³/mol. The number of nitrogens with one attached hydrogen (secondary N) is 1. The molecule has 0 aliphatic carbocycles. The first-order chi connectivity index (χ1) is 9.65. The van der Waals surface area contributed by atoms with E-state index in [1.54, 1.807) is 11.3 Å². The van der Waals surface area contributed by atoms with E-state index in [-0.39, 0.29) is 0 Å². The number of hydrogen-bond acceptors (Lipinski definition) is 4. The molecule has 20 heavy (non-hydrogen) atoms. The van der Waals surface area contributed by atoms with Crippen molar-refractivity contribution in [3.05, 3.63) is 40.4 Å². The zero-order valence-corrected chi connectivity index (χ0v) is 12.9. The monoisotopic (exact) mass is 289 g/mol. The summed E-state index contributed by atoms with van der Waals surface area (Å²) in [5, 5.41) is 9.91. The van der Waals surface area contributed by atoms with Crippen molar-refractivity contribution >= 4 is 16.3 Å². The molecule has 0 unspecified atom stereocenters. The molecule has 0 aliphatic heterocycles. The fourth-order valence-electron chi connectivity index (χ4n) is 2.37. The minimum Gasteiger partial charge on any atom is -0.309 e. The van der Waals surface area contributed by atoms with Crippen LogP contribution in [0.5, 0.6) is 0 Å². The second kappa shape index (κ2) is 5.38. The second-order valence-electron chi connectivity index (χ2n) is 5.10. The molecule has 106 valence electrons. The normalized spacial score (nSPS) is 11.6. The Morgan fingerprint density at radius 1 is 1.30 bits per heavy atom. The van der Waals surface area contributed by atoms with E-state index in [9.17, 15) is 0 Å². The maximum absolute atomic E-state index is 4.60. The molecule has 0 saturated carbocycles. The molecule has 0 spiro atoms. The van der Waals surface area contributed by atoms with Gasteiger partial charge in [0.15, 0.2) is 4.96 Å². The Morgan fingerprint density at radius 3 is 2.90 bits per heavy atom. The molecular weight excluding hydrogens is 270 g/mol. The molecule has 0 aliphatic rings. The molecule has 0 radical (unpaired) electrons. The molecule has 0 aromatic carbocycles. The third-order valence-corrected chi connectivity index (χ3v) is 4.35. The van der Waals surface area contributed by atoms with E-state index in [2.05, 4.69) is 52.1 Å². The van der Waals surface area contributed by atoms with Gasteiger partial charge >= 0.3 is 0 Å². The van der Waals surface area contributed by atoms with Gasteiger partial charge in [-0.05, 0) is 26.3 Å². The van der Waals surface area contributed by atoms with E-state index in [1.807, 2.05) is 10.9 Å². The lowest BCUT2D eigenvalue weighted by molar-refractivity contribution is 0.549. The first kappa shape index (κ1) is 13.3. The zero-order chi connectivity index (χ0) is 14.1. The van der Waals surface area contributed by atoms with Crippen LogP contribution in [0.4, 0.5) is 0 Å². The lowest BCUT2D eigenvalue weighted by atomic mass is 10.3. The van der Waals surface area contributed by atoms with Crippen LogP contribution in [0.1, 0.15) is 22.6 Å². The predicted octanol–water partition coefficient (Wildman–Crippen LogP) is 2.31. The van der Waals surface area contributed by atoms with Crippen LogP contribution >= 0.6 is 11.3 Å². The highest BCUT2D eigenvalue weighted by atomic mass is 32.1. The lowest BCUT2D eigenvalue weighted by Gasteiger charge is -2.06. The smallest absolute Gasteiger partial charge is 0.194 e. The summed E-state index contributed by atoms with van der Waals surface area (Å²) >= 11 is 1.70. The average Bonchev–Trinajstić information content (AvgIpc) is 3.05. The van der Waals surface area contributed by atoms with Gasteiger partial charge in [-0.15, -0.1) is 11.3 Å². The van der Waals surface area contributed by atoms with Gasteiger partial charge in [-0.2, -0.15) is 5.10 Å². The van der Waals surface area contributed by atoms with Crippen LogP contribution in [0.2, 0.25) is 0 Å². The zero-order valence-electron chi connectivity index (χ0n) is 12.1. The van der Waals surface area contributed by atoms with E-state index in [0.29, 0.717) is 0 Å². The SMILES string of the molecule is Cc1cnn(CCNCc2c(C)nc3scc(C)n23)c1. The number of thiazole rings is 1. The van der Waals surface area contributed by atoms with Crippen molar-refractivity contribution < 1.29 is 0 Å². The summed E-state index contributed by atoms with van der Waals surface area (Å²) in [7, 11) is 0. The van der Waals surface area contributed by atoms with Gasteiger partial charge in [0.25, 0.3) is 0 Å². The van der Waals surface area contributed by atoms with Gasteiger partial charge in [0.2, 0.25) is 0 Å². The van der Waals surface area contributed by atoms with Crippen LogP contribution in [0.25, 0.3) is 4.96 Å². The molecule has 0 atom stereocenters. The van der Waals surface area contributed by atoms with Gasteiger partial charge in [-0.25, -0.2) is 4.98 Å². The number of fused-ring (bicyclic) bond motifs is 1. The minimum atomic E-state index is 0.838. The summed E-state index contributed by atoms with van der Waals surface area (Å²) < 4.78 is 4.21. The minimum absolute atomic E-state index is 0.838. The van der Waals surface area contributed by atoms with Gasteiger partial charge in [-0.3, -0.25) is 9.08 Å². The number of rotatable bonds is 5. The Balaban J connectivity index is 1.62. The summed E-state index contributed by atoms with van der Waals surface area (Å²) in [6.07, 6.45) is 3.95. The van der Waals surface area contributed by atoms with Crippen molar-refractivity contribution in [2.75, 3.05) is 6.54 Å². The number of aromatic nitrogens is 4. The van der Waals surface area contributed by atoms with Crippen LogP contribution in [0.3, 0.4) is 0 Å². The Labute approximate surface area is 122 Å². The summed E-state index contributed by atoms with van der Waals surface area (Å²) in [6, 6.07) is 0. The van der Waals surface area contributed by atoms with Crippen molar-refractivity contribution in [1.29, 1.82) is 0 Å². The molecule has 0 saturated heterocycles. The topological polar surface area (TPSA) is 47.2 Å². The molecule has 0 fully saturated rings. The molecule has 0 amide bonds. The Kier molecular flexibility index (Phi) is 3.58. The number of aryl methyl sites for hydroxylation is 3. The molecule has 3 aromatic rings. The first-order valence-electron chi connectivity index (χ1n) is 6.77. The van der Waals surface area contributed by atoms with Gasteiger partial charge in [0, 0.05) is 30.4 Å². The molecular formula is C14H19N5S. The molecule has 3 aromatic heterocycles. The number of hydrogen-bond donors (Lipinski definition) is 1. The quantitative estimate of drug-likeness (QED) is 0.733. The highest BCUT2D eigenvalue weighted by molar-refractivity contribution is 7.15. The van der Waals surface area contributed by atoms with Crippen molar-refractivity contribution in [3.8, 4) is 0 Å². The maximum Gasteiger partial charge on any atom is 0.194 e. The molecule has 3 heterocycles. The van der Waals surface area contributed by atoms with Gasteiger partial charge in [0.05, 0.1) is 24.1 Å². The van der Waals surface area contributed by atoms with Gasteiger partial charge < -0.3 is 5.32 Å². The summed E-state index contributed by atoms with van der Waals surface area (Å²) in [5.41, 5.74) is 4.83. The van der Waals surface area contributed by atoms with Crippen molar-refractivity contribution in [2.45, 2.75) is 33.9 Å². The third kappa shape index (κ3) is 2.48. The number of imidazole rings is 1. The largest absolute Gasteiger partial charge is 0.309 e.